The van der Waals surface area contributed by atoms with Gasteiger partial charge < -0.3 is 9.64 Å². The Morgan fingerprint density at radius 1 is 0.500 bits per heavy atom. The molecule has 0 bridgehead atoms. The summed E-state index contributed by atoms with van der Waals surface area (Å²) in [6.07, 6.45) is 3.75. The molecule has 56 heavy (non-hydrogen) atoms. The van der Waals surface area contributed by atoms with Crippen molar-refractivity contribution in [2.75, 3.05) is 4.90 Å². The van der Waals surface area contributed by atoms with E-state index in [4.69, 9.17) is 19.7 Å². The third-order valence-corrected chi connectivity index (χ3v) is 12.6. The number of hydrogen-bond donors (Lipinski definition) is 0. The number of aromatic nitrogens is 3. The van der Waals surface area contributed by atoms with Gasteiger partial charge in [-0.2, -0.15) is 0 Å². The summed E-state index contributed by atoms with van der Waals surface area (Å²) in [6, 6.07) is 59.9. The van der Waals surface area contributed by atoms with Crippen LogP contribution in [0.5, 0.6) is 11.5 Å². The van der Waals surface area contributed by atoms with Crippen molar-refractivity contribution in [1.82, 2.24) is 15.0 Å². The van der Waals surface area contributed by atoms with Crippen molar-refractivity contribution < 1.29 is 4.74 Å². The Morgan fingerprint density at radius 3 is 2.16 bits per heavy atom. The van der Waals surface area contributed by atoms with Crippen molar-refractivity contribution >= 4 is 39.7 Å². The molecule has 5 heterocycles. The Balaban J connectivity index is 1.10. The lowest BCUT2D eigenvalue weighted by molar-refractivity contribution is 0.426. The number of anilines is 3. The highest BCUT2D eigenvalue weighted by atomic mass is 32.2. The second kappa shape index (κ2) is 12.0. The summed E-state index contributed by atoms with van der Waals surface area (Å²) in [5, 5.41) is 1.11. The average Bonchev–Trinajstić information content (AvgIpc) is 3.55. The van der Waals surface area contributed by atoms with Gasteiger partial charge in [-0.15, -0.1) is 0 Å². The van der Waals surface area contributed by atoms with Gasteiger partial charge in [-0.1, -0.05) is 127 Å². The second-order valence-corrected chi connectivity index (χ2v) is 15.4. The zero-order chi connectivity index (χ0) is 36.8. The smallest absolute Gasteiger partial charge is 0.148 e. The van der Waals surface area contributed by atoms with Gasteiger partial charge in [0, 0.05) is 50.6 Å². The molecule has 5 nitrogen and oxygen atoms in total. The molecule has 0 fully saturated rings. The van der Waals surface area contributed by atoms with Crippen LogP contribution in [0.2, 0.25) is 0 Å². The Hall–Kier alpha value is -7.02. The number of rotatable bonds is 3. The number of para-hydroxylation sites is 4. The number of fused-ring (bicyclic) bond motifs is 13. The molecule has 0 amide bonds. The van der Waals surface area contributed by atoms with Gasteiger partial charge in [0.1, 0.15) is 11.5 Å². The lowest BCUT2D eigenvalue weighted by Gasteiger charge is -2.41. The fraction of sp³-hybridized carbons (Fsp3) is 0.0200. The third kappa shape index (κ3) is 4.30. The normalized spacial score (nSPS) is 15.6. The van der Waals surface area contributed by atoms with Crippen LogP contribution in [-0.2, 0) is 5.41 Å². The molecule has 1 aliphatic carbocycles. The molecule has 9 aromatic rings. The second-order valence-electron chi connectivity index (χ2n) is 14.3. The van der Waals surface area contributed by atoms with Crippen LogP contribution in [0.4, 0.5) is 17.1 Å². The van der Waals surface area contributed by atoms with Crippen molar-refractivity contribution in [2.24, 2.45) is 0 Å². The molecule has 0 saturated carbocycles. The number of hydrogen-bond acceptors (Lipinski definition) is 6. The highest BCUT2D eigenvalue weighted by molar-refractivity contribution is 7.99. The van der Waals surface area contributed by atoms with E-state index in [-0.39, 0.29) is 0 Å². The largest absolute Gasteiger partial charge is 0.455 e. The molecule has 262 valence electrons. The first-order valence-corrected chi connectivity index (χ1v) is 19.6. The van der Waals surface area contributed by atoms with Gasteiger partial charge >= 0.3 is 0 Å². The zero-order valence-corrected chi connectivity index (χ0v) is 30.7. The van der Waals surface area contributed by atoms with Gasteiger partial charge in [0.05, 0.1) is 44.3 Å². The standard InChI is InChI=1S/C50H30N4OS/c1-2-15-32(16-3-1)54-41-22-7-9-24-44(41)56-49-42(54)28-26-39-48(49)55-43-23-8-6-20-36(43)50(39)37-21-12-30-52-46(37)47-38(50)25-27-40(53-47)34-18-5-4-17-33(34)35-19-10-13-31-14-11-29-51-45(31)35/h1-30H. The van der Waals surface area contributed by atoms with E-state index >= 15 is 0 Å². The third-order valence-electron chi connectivity index (χ3n) is 11.4. The van der Waals surface area contributed by atoms with E-state index in [1.54, 1.807) is 11.8 Å². The molecule has 6 aromatic carbocycles. The summed E-state index contributed by atoms with van der Waals surface area (Å²) in [4.78, 5) is 20.1. The molecule has 0 N–H and O–H groups in total. The predicted molar refractivity (Wildman–Crippen MR) is 224 cm³/mol. The van der Waals surface area contributed by atoms with Crippen molar-refractivity contribution in [3.05, 3.63) is 205 Å². The van der Waals surface area contributed by atoms with E-state index < -0.39 is 5.41 Å². The average molecular weight is 735 g/mol. The molecular formula is C50H30N4OS. The summed E-state index contributed by atoms with van der Waals surface area (Å²) >= 11 is 1.77. The molecule has 3 aromatic heterocycles. The van der Waals surface area contributed by atoms with Crippen LogP contribution in [0.25, 0.3) is 44.7 Å². The van der Waals surface area contributed by atoms with Gasteiger partial charge in [0.25, 0.3) is 0 Å². The SMILES string of the molecule is c1ccc(N2c3ccccc3Sc3c2ccc2c3Oc3ccccc3C23c2cccnc2-c2nc(-c4ccccc4-c4cccc5cccnc45)ccc23)cc1. The van der Waals surface area contributed by atoms with Gasteiger partial charge in [-0.3, -0.25) is 9.97 Å². The minimum absolute atomic E-state index is 0.710. The van der Waals surface area contributed by atoms with Crippen molar-refractivity contribution in [3.8, 4) is 45.3 Å². The fourth-order valence-corrected chi connectivity index (χ4v) is 10.3. The lowest BCUT2D eigenvalue weighted by atomic mass is 9.66. The topological polar surface area (TPSA) is 51.1 Å². The summed E-state index contributed by atoms with van der Waals surface area (Å²) in [7, 11) is 0. The monoisotopic (exact) mass is 734 g/mol. The molecule has 3 aliphatic rings. The number of ether oxygens (including phenoxy) is 1. The molecular weight excluding hydrogens is 705 g/mol. The number of benzene rings is 6. The Morgan fingerprint density at radius 2 is 1.21 bits per heavy atom. The molecule has 6 heteroatoms. The van der Waals surface area contributed by atoms with E-state index in [0.29, 0.717) is 0 Å². The molecule has 1 spiro atoms. The van der Waals surface area contributed by atoms with Crippen LogP contribution in [0.15, 0.2) is 192 Å². The highest BCUT2D eigenvalue weighted by Gasteiger charge is 2.53. The van der Waals surface area contributed by atoms with Crippen molar-refractivity contribution in [1.29, 1.82) is 0 Å². The van der Waals surface area contributed by atoms with Gasteiger partial charge in [-0.05, 0) is 71.3 Å². The van der Waals surface area contributed by atoms with E-state index in [9.17, 15) is 0 Å². The Labute approximate surface area is 328 Å². The maximum Gasteiger partial charge on any atom is 0.148 e. The Kier molecular flexibility index (Phi) is 6.71. The molecule has 1 unspecified atom stereocenters. The molecule has 2 aliphatic heterocycles. The molecule has 12 rings (SSSR count). The van der Waals surface area contributed by atoms with Crippen LogP contribution < -0.4 is 9.64 Å². The molecule has 0 saturated heterocycles. The van der Waals surface area contributed by atoms with E-state index in [1.165, 1.54) is 4.90 Å². The minimum Gasteiger partial charge on any atom is -0.455 e. The molecule has 0 radical (unpaired) electrons. The van der Waals surface area contributed by atoms with Crippen molar-refractivity contribution in [3.63, 3.8) is 0 Å². The maximum atomic E-state index is 7.09. The first-order valence-electron chi connectivity index (χ1n) is 18.8. The van der Waals surface area contributed by atoms with Crippen LogP contribution in [0.1, 0.15) is 22.3 Å². The lowest BCUT2D eigenvalue weighted by Crippen LogP contribution is -2.33. The van der Waals surface area contributed by atoms with Crippen LogP contribution >= 0.6 is 11.8 Å². The Bertz CT molecular complexity index is 3070. The fourth-order valence-electron chi connectivity index (χ4n) is 9.14. The summed E-state index contributed by atoms with van der Waals surface area (Å²) in [5.74, 6) is 1.70. The van der Waals surface area contributed by atoms with Crippen LogP contribution in [0, 0.1) is 0 Å². The van der Waals surface area contributed by atoms with Gasteiger partial charge in [0.2, 0.25) is 0 Å². The first kappa shape index (κ1) is 31.3. The number of pyridine rings is 3. The van der Waals surface area contributed by atoms with Gasteiger partial charge in [0.15, 0.2) is 0 Å². The van der Waals surface area contributed by atoms with Gasteiger partial charge in [-0.25, -0.2) is 4.98 Å². The summed E-state index contributed by atoms with van der Waals surface area (Å²) in [6.45, 7) is 0. The minimum atomic E-state index is -0.710. The zero-order valence-electron chi connectivity index (χ0n) is 29.9. The van der Waals surface area contributed by atoms with E-state index in [2.05, 4.69) is 169 Å². The van der Waals surface area contributed by atoms with E-state index in [0.717, 1.165) is 100 Å². The maximum absolute atomic E-state index is 7.09. The summed E-state index contributed by atoms with van der Waals surface area (Å²) < 4.78 is 7.09. The highest BCUT2D eigenvalue weighted by Crippen LogP contribution is 2.65. The summed E-state index contributed by atoms with van der Waals surface area (Å²) in [5.41, 5.74) is 13.8. The predicted octanol–water partition coefficient (Wildman–Crippen LogP) is 12.8. The first-order chi connectivity index (χ1) is 27.8. The van der Waals surface area contributed by atoms with Crippen LogP contribution in [-0.4, -0.2) is 15.0 Å². The van der Waals surface area contributed by atoms with E-state index in [1.807, 2.05) is 18.5 Å². The quantitative estimate of drug-likeness (QED) is 0.180. The van der Waals surface area contributed by atoms with Crippen LogP contribution in [0.3, 0.4) is 0 Å². The molecule has 1 atom stereocenters. The van der Waals surface area contributed by atoms with Crippen molar-refractivity contribution in [2.45, 2.75) is 15.2 Å². The number of nitrogens with zero attached hydrogens (tertiary/aromatic N) is 4.